The van der Waals surface area contributed by atoms with E-state index in [1.54, 1.807) is 0 Å². The molecular formula is C16H14FN3O5. The Morgan fingerprint density at radius 3 is 2.40 bits per heavy atom. The Bertz CT molecular complexity index is 781. The average Bonchev–Trinajstić information content (AvgIpc) is 2.82. The Labute approximate surface area is 141 Å². The van der Waals surface area contributed by atoms with E-state index in [1.807, 2.05) is 12.2 Å². The first-order valence-corrected chi connectivity index (χ1v) is 7.62. The van der Waals surface area contributed by atoms with Gasteiger partial charge in [-0.2, -0.15) is 0 Å². The van der Waals surface area contributed by atoms with Crippen LogP contribution >= 0.6 is 0 Å². The zero-order chi connectivity index (χ0) is 18.1. The van der Waals surface area contributed by atoms with Crippen molar-refractivity contribution in [1.82, 2.24) is 4.90 Å². The number of halogens is 1. The first-order chi connectivity index (χ1) is 11.9. The second kappa shape index (κ2) is 6.42. The third kappa shape index (κ3) is 3.12. The quantitative estimate of drug-likeness (QED) is 0.385. The van der Waals surface area contributed by atoms with Crippen LogP contribution in [0.15, 0.2) is 30.4 Å². The molecule has 1 N–H and O–H groups in total. The molecule has 0 spiro atoms. The number of non-ortho nitro benzene ring substituents is 1. The smallest absolute Gasteiger partial charge is 0.271 e. The van der Waals surface area contributed by atoms with Gasteiger partial charge in [0.15, 0.2) is 0 Å². The highest BCUT2D eigenvalue weighted by Gasteiger charge is 2.47. The van der Waals surface area contributed by atoms with Crippen molar-refractivity contribution in [2.24, 2.45) is 11.8 Å². The monoisotopic (exact) mass is 347 g/mol. The lowest BCUT2D eigenvalue weighted by atomic mass is 9.85. The van der Waals surface area contributed by atoms with Gasteiger partial charge in [0.05, 0.1) is 22.4 Å². The van der Waals surface area contributed by atoms with E-state index in [-0.39, 0.29) is 11.4 Å². The van der Waals surface area contributed by atoms with E-state index in [2.05, 4.69) is 5.32 Å². The number of likely N-dealkylation sites (tertiary alicyclic amines) is 1. The van der Waals surface area contributed by atoms with E-state index in [0.717, 1.165) is 23.1 Å². The van der Waals surface area contributed by atoms with Crippen LogP contribution in [0.4, 0.5) is 15.8 Å². The fourth-order valence-electron chi connectivity index (χ4n) is 3.08. The summed E-state index contributed by atoms with van der Waals surface area (Å²) < 4.78 is 13.7. The van der Waals surface area contributed by atoms with E-state index in [0.29, 0.717) is 12.8 Å². The largest absolute Gasteiger partial charge is 0.322 e. The molecule has 3 rings (SSSR count). The Morgan fingerprint density at radius 1 is 1.24 bits per heavy atom. The van der Waals surface area contributed by atoms with Crippen LogP contribution in [-0.2, 0) is 14.4 Å². The van der Waals surface area contributed by atoms with Crippen LogP contribution in [0.3, 0.4) is 0 Å². The number of benzene rings is 1. The number of hydrogen-bond donors (Lipinski definition) is 1. The number of nitro groups is 1. The number of carbonyl (C=O) groups excluding carboxylic acids is 3. The number of amides is 3. The minimum atomic E-state index is -0.851. The summed E-state index contributed by atoms with van der Waals surface area (Å²) in [7, 11) is 0. The van der Waals surface area contributed by atoms with Crippen LogP contribution in [0, 0.1) is 27.8 Å². The fourth-order valence-corrected chi connectivity index (χ4v) is 3.08. The van der Waals surface area contributed by atoms with Crippen molar-refractivity contribution in [3.63, 3.8) is 0 Å². The van der Waals surface area contributed by atoms with Crippen LogP contribution in [-0.4, -0.2) is 34.1 Å². The van der Waals surface area contributed by atoms with Crippen LogP contribution in [0.1, 0.15) is 12.8 Å². The van der Waals surface area contributed by atoms with Gasteiger partial charge >= 0.3 is 0 Å². The molecule has 8 nitrogen and oxygen atoms in total. The molecule has 0 bridgehead atoms. The van der Waals surface area contributed by atoms with E-state index in [9.17, 15) is 28.9 Å². The highest BCUT2D eigenvalue weighted by Crippen LogP contribution is 2.34. The second-order valence-electron chi connectivity index (χ2n) is 5.89. The van der Waals surface area contributed by atoms with Crippen molar-refractivity contribution in [2.45, 2.75) is 12.8 Å². The number of allylic oxidation sites excluding steroid dienone is 2. The minimum absolute atomic E-state index is 0.377. The topological polar surface area (TPSA) is 110 Å². The third-order valence-electron chi connectivity index (χ3n) is 4.34. The molecule has 1 aromatic carbocycles. The summed E-state index contributed by atoms with van der Waals surface area (Å²) >= 11 is 0. The number of carbonyl (C=O) groups is 3. The number of hydrogen-bond acceptors (Lipinski definition) is 5. The predicted molar refractivity (Wildman–Crippen MR) is 83.8 cm³/mol. The Morgan fingerprint density at radius 2 is 1.84 bits per heavy atom. The molecule has 2 atom stereocenters. The lowest BCUT2D eigenvalue weighted by molar-refractivity contribution is -0.384. The lowest BCUT2D eigenvalue weighted by Gasteiger charge is -2.14. The number of rotatable bonds is 4. The maximum atomic E-state index is 13.7. The van der Waals surface area contributed by atoms with Gasteiger partial charge in [0.1, 0.15) is 12.4 Å². The van der Waals surface area contributed by atoms with Crippen molar-refractivity contribution in [2.75, 3.05) is 11.9 Å². The highest BCUT2D eigenvalue weighted by molar-refractivity contribution is 6.08. The van der Waals surface area contributed by atoms with Crippen molar-refractivity contribution in [3.8, 4) is 0 Å². The van der Waals surface area contributed by atoms with Gasteiger partial charge in [-0.1, -0.05) is 12.2 Å². The molecule has 1 aliphatic heterocycles. The standard InChI is InChI=1S/C16H14FN3O5/c17-12-6-5-9(20(24)25)7-13(12)18-14(21)8-19-15(22)10-3-1-2-4-11(10)16(19)23/h1-2,5-7,10-11H,3-4,8H2,(H,18,21)/t10-,11-/m1/s1. The third-order valence-corrected chi connectivity index (χ3v) is 4.34. The Hall–Kier alpha value is -3.10. The number of nitro benzene ring substituents is 1. The van der Waals surface area contributed by atoms with Crippen LogP contribution in [0.2, 0.25) is 0 Å². The maximum absolute atomic E-state index is 13.7. The number of imide groups is 1. The first-order valence-electron chi connectivity index (χ1n) is 7.62. The van der Waals surface area contributed by atoms with Crippen molar-refractivity contribution >= 4 is 29.1 Å². The molecule has 2 aliphatic rings. The summed E-state index contributed by atoms with van der Waals surface area (Å²) in [5, 5.41) is 12.9. The molecule has 1 aliphatic carbocycles. The van der Waals surface area contributed by atoms with Gasteiger partial charge in [-0.15, -0.1) is 0 Å². The SMILES string of the molecule is O=C(CN1C(=O)[C@@H]2CC=CC[C@H]2C1=O)Nc1cc([N+](=O)[O-])ccc1F. The van der Waals surface area contributed by atoms with E-state index < -0.39 is 46.8 Å². The summed E-state index contributed by atoms with van der Waals surface area (Å²) in [6.45, 7) is -0.549. The molecule has 0 unspecified atom stereocenters. The lowest BCUT2D eigenvalue weighted by Crippen LogP contribution is -2.38. The molecular weight excluding hydrogens is 333 g/mol. The zero-order valence-electron chi connectivity index (χ0n) is 13.0. The van der Waals surface area contributed by atoms with Crippen molar-refractivity contribution in [1.29, 1.82) is 0 Å². The number of nitrogens with zero attached hydrogens (tertiary/aromatic N) is 2. The molecule has 0 aromatic heterocycles. The van der Waals surface area contributed by atoms with Crippen LogP contribution in [0.25, 0.3) is 0 Å². The molecule has 1 fully saturated rings. The molecule has 130 valence electrons. The van der Waals surface area contributed by atoms with E-state index in [1.165, 1.54) is 0 Å². The molecule has 1 heterocycles. The number of nitrogens with one attached hydrogen (secondary N) is 1. The molecule has 9 heteroatoms. The van der Waals surface area contributed by atoms with Crippen molar-refractivity contribution < 1.29 is 23.7 Å². The number of fused-ring (bicyclic) bond motifs is 1. The summed E-state index contributed by atoms with van der Waals surface area (Å²) in [5.41, 5.74) is -0.764. The van der Waals surface area contributed by atoms with Gasteiger partial charge in [0, 0.05) is 12.1 Å². The summed E-state index contributed by atoms with van der Waals surface area (Å²) in [4.78, 5) is 47.5. The molecule has 0 radical (unpaired) electrons. The average molecular weight is 347 g/mol. The molecule has 0 saturated carbocycles. The summed E-state index contributed by atoms with van der Waals surface area (Å²) in [6.07, 6.45) is 4.56. The number of anilines is 1. The normalized spacial score (nSPS) is 22.0. The summed E-state index contributed by atoms with van der Waals surface area (Å²) in [6, 6.07) is 2.71. The van der Waals surface area contributed by atoms with E-state index in [4.69, 9.17) is 0 Å². The molecule has 1 saturated heterocycles. The first kappa shape index (κ1) is 16.7. The minimum Gasteiger partial charge on any atom is -0.322 e. The molecule has 25 heavy (non-hydrogen) atoms. The Balaban J connectivity index is 1.71. The predicted octanol–water partition coefficient (Wildman–Crippen LogP) is 1.62. The van der Waals surface area contributed by atoms with Gasteiger partial charge < -0.3 is 5.32 Å². The van der Waals surface area contributed by atoms with Gasteiger partial charge in [0.2, 0.25) is 17.7 Å². The van der Waals surface area contributed by atoms with Crippen molar-refractivity contribution in [3.05, 3.63) is 46.3 Å². The second-order valence-corrected chi connectivity index (χ2v) is 5.89. The van der Waals surface area contributed by atoms with Crippen LogP contribution < -0.4 is 5.32 Å². The zero-order valence-corrected chi connectivity index (χ0v) is 13.0. The Kier molecular flexibility index (Phi) is 4.30. The fraction of sp³-hybridized carbons (Fsp3) is 0.312. The summed E-state index contributed by atoms with van der Waals surface area (Å²) in [5.74, 6) is -3.41. The van der Waals surface area contributed by atoms with Gasteiger partial charge in [0.25, 0.3) is 5.69 Å². The van der Waals surface area contributed by atoms with Gasteiger partial charge in [-0.3, -0.25) is 29.4 Å². The molecule has 1 aromatic rings. The van der Waals surface area contributed by atoms with E-state index >= 15 is 0 Å². The molecule has 3 amide bonds. The maximum Gasteiger partial charge on any atom is 0.271 e. The van der Waals surface area contributed by atoms with Gasteiger partial charge in [-0.05, 0) is 18.9 Å². The highest BCUT2D eigenvalue weighted by atomic mass is 19.1. The van der Waals surface area contributed by atoms with Gasteiger partial charge in [-0.25, -0.2) is 4.39 Å². The van der Waals surface area contributed by atoms with Crippen LogP contribution in [0.5, 0.6) is 0 Å².